The first-order valence-electron chi connectivity index (χ1n) is 6.51. The number of nitrogens with one attached hydrogen (secondary N) is 2. The van der Waals surface area contributed by atoms with Crippen molar-refractivity contribution >= 4 is 22.9 Å². The van der Waals surface area contributed by atoms with Crippen molar-refractivity contribution in [2.45, 2.75) is 6.92 Å². The van der Waals surface area contributed by atoms with E-state index in [1.165, 1.54) is 12.1 Å². The predicted octanol–water partition coefficient (Wildman–Crippen LogP) is 2.45. The van der Waals surface area contributed by atoms with Crippen molar-refractivity contribution in [3.05, 3.63) is 62.8 Å². The molecule has 0 aliphatic carbocycles. The number of aryl methyl sites for hydroxylation is 1. The van der Waals surface area contributed by atoms with Crippen LogP contribution in [0.15, 0.2) is 46.6 Å². The summed E-state index contributed by atoms with van der Waals surface area (Å²) in [5.41, 5.74) is 2.24. The van der Waals surface area contributed by atoms with Crippen molar-refractivity contribution in [2.75, 3.05) is 5.32 Å². The molecule has 0 radical (unpaired) electrons. The summed E-state index contributed by atoms with van der Waals surface area (Å²) in [7, 11) is 0. The van der Waals surface area contributed by atoms with Gasteiger partial charge in [-0.05, 0) is 25.1 Å². The minimum Gasteiger partial charge on any atom is -0.321 e. The van der Waals surface area contributed by atoms with Crippen molar-refractivity contribution in [1.82, 2.24) is 15.2 Å². The van der Waals surface area contributed by atoms with Gasteiger partial charge in [0.15, 0.2) is 0 Å². The topological polar surface area (TPSA) is 87.7 Å². The lowest BCUT2D eigenvalue weighted by Gasteiger charge is -2.05. The molecule has 0 saturated heterocycles. The number of rotatable bonds is 3. The molecule has 2 N–H and O–H groups in total. The molecule has 0 fully saturated rings. The molecule has 2 heterocycles. The number of carbonyl (C=O) groups excluding carboxylic acids is 1. The van der Waals surface area contributed by atoms with Gasteiger partial charge in [-0.2, -0.15) is 5.10 Å². The molecular weight excluding hydrogens is 300 g/mol. The van der Waals surface area contributed by atoms with E-state index in [9.17, 15) is 9.59 Å². The monoisotopic (exact) mass is 312 g/mol. The van der Waals surface area contributed by atoms with E-state index in [0.717, 1.165) is 16.3 Å². The highest BCUT2D eigenvalue weighted by atomic mass is 32.1. The molecule has 22 heavy (non-hydrogen) atoms. The van der Waals surface area contributed by atoms with Crippen LogP contribution in [-0.2, 0) is 0 Å². The van der Waals surface area contributed by atoms with E-state index in [1.807, 2.05) is 30.5 Å². The Balaban J connectivity index is 1.82. The second-order valence-electron chi connectivity index (χ2n) is 4.59. The average molecular weight is 312 g/mol. The van der Waals surface area contributed by atoms with E-state index >= 15 is 0 Å². The van der Waals surface area contributed by atoms with Crippen molar-refractivity contribution in [1.29, 1.82) is 0 Å². The summed E-state index contributed by atoms with van der Waals surface area (Å²) in [4.78, 5) is 27.4. The van der Waals surface area contributed by atoms with Crippen LogP contribution in [0.1, 0.15) is 15.5 Å². The zero-order valence-electron chi connectivity index (χ0n) is 11.7. The zero-order chi connectivity index (χ0) is 15.5. The summed E-state index contributed by atoms with van der Waals surface area (Å²) < 4.78 is 0. The van der Waals surface area contributed by atoms with Crippen LogP contribution in [0.5, 0.6) is 0 Å². The first kappa shape index (κ1) is 14.2. The van der Waals surface area contributed by atoms with Gasteiger partial charge >= 0.3 is 0 Å². The molecule has 1 amide bonds. The molecule has 0 aliphatic heterocycles. The molecule has 1 aromatic carbocycles. The third kappa shape index (κ3) is 3.09. The SMILES string of the molecule is Cc1nc(-c2cccc(NC(=O)c3ccc(=O)[nH]n3)c2)cs1. The number of H-pyrrole nitrogens is 1. The standard InChI is InChI=1S/C15H12N4O2S/c1-9-16-13(8-22-9)10-3-2-4-11(7-10)17-15(21)12-5-6-14(20)19-18-12/h2-8H,1H3,(H,17,21)(H,19,20). The number of nitrogens with zero attached hydrogens (tertiary/aromatic N) is 2. The number of amides is 1. The van der Waals surface area contributed by atoms with Crippen LogP contribution in [0.3, 0.4) is 0 Å². The maximum absolute atomic E-state index is 12.1. The van der Waals surface area contributed by atoms with E-state index in [0.29, 0.717) is 5.69 Å². The fourth-order valence-electron chi connectivity index (χ4n) is 1.92. The van der Waals surface area contributed by atoms with Gasteiger partial charge in [-0.15, -0.1) is 11.3 Å². The third-order valence-corrected chi connectivity index (χ3v) is 3.72. The molecule has 0 aliphatic rings. The number of aromatic nitrogens is 3. The normalized spacial score (nSPS) is 10.4. The fourth-order valence-corrected chi connectivity index (χ4v) is 2.54. The number of thiazole rings is 1. The average Bonchev–Trinajstić information content (AvgIpc) is 2.95. The van der Waals surface area contributed by atoms with Crippen molar-refractivity contribution < 1.29 is 4.79 Å². The van der Waals surface area contributed by atoms with Gasteiger partial charge in [-0.1, -0.05) is 12.1 Å². The largest absolute Gasteiger partial charge is 0.321 e. The van der Waals surface area contributed by atoms with Gasteiger partial charge in [0.1, 0.15) is 5.69 Å². The van der Waals surface area contributed by atoms with Gasteiger partial charge in [-0.25, -0.2) is 10.1 Å². The van der Waals surface area contributed by atoms with Gasteiger partial charge in [0.2, 0.25) is 0 Å². The maximum Gasteiger partial charge on any atom is 0.276 e. The molecule has 0 bridgehead atoms. The van der Waals surface area contributed by atoms with Gasteiger partial charge in [0.25, 0.3) is 11.5 Å². The van der Waals surface area contributed by atoms with Crippen LogP contribution in [0.2, 0.25) is 0 Å². The molecule has 0 atom stereocenters. The number of carbonyl (C=O) groups is 1. The Morgan fingerprint density at radius 2 is 2.14 bits per heavy atom. The number of aromatic amines is 1. The molecule has 2 aromatic heterocycles. The number of benzene rings is 1. The van der Waals surface area contributed by atoms with Crippen molar-refractivity contribution in [3.63, 3.8) is 0 Å². The van der Waals surface area contributed by atoms with Crippen molar-refractivity contribution in [2.24, 2.45) is 0 Å². The lowest BCUT2D eigenvalue weighted by atomic mass is 10.1. The second-order valence-corrected chi connectivity index (χ2v) is 5.66. The van der Waals surface area contributed by atoms with Crippen LogP contribution >= 0.6 is 11.3 Å². The third-order valence-electron chi connectivity index (χ3n) is 2.95. The van der Waals surface area contributed by atoms with Gasteiger partial charge in [-0.3, -0.25) is 9.59 Å². The molecule has 0 unspecified atom stereocenters. The Morgan fingerprint density at radius 3 is 2.82 bits per heavy atom. The van der Waals surface area contributed by atoms with Crippen LogP contribution in [-0.4, -0.2) is 21.1 Å². The lowest BCUT2D eigenvalue weighted by molar-refractivity contribution is 0.102. The van der Waals surface area contributed by atoms with Crippen LogP contribution in [0.25, 0.3) is 11.3 Å². The quantitative estimate of drug-likeness (QED) is 0.777. The van der Waals surface area contributed by atoms with Gasteiger partial charge < -0.3 is 5.32 Å². The van der Waals surface area contributed by atoms with Crippen LogP contribution in [0, 0.1) is 6.92 Å². The van der Waals surface area contributed by atoms with Crippen LogP contribution < -0.4 is 10.9 Å². The first-order valence-corrected chi connectivity index (χ1v) is 7.39. The summed E-state index contributed by atoms with van der Waals surface area (Å²) in [6, 6.07) is 10.0. The summed E-state index contributed by atoms with van der Waals surface area (Å²) >= 11 is 1.58. The van der Waals surface area contributed by atoms with E-state index in [1.54, 1.807) is 17.4 Å². The Bertz CT molecular complexity index is 865. The number of anilines is 1. The molecule has 7 heteroatoms. The minimum atomic E-state index is -0.386. The Morgan fingerprint density at radius 1 is 1.27 bits per heavy atom. The highest BCUT2D eigenvalue weighted by Crippen LogP contribution is 2.24. The van der Waals surface area contributed by atoms with Crippen molar-refractivity contribution in [3.8, 4) is 11.3 Å². The Labute approximate surface area is 129 Å². The molecule has 6 nitrogen and oxygen atoms in total. The zero-order valence-corrected chi connectivity index (χ0v) is 12.5. The van der Waals surface area contributed by atoms with E-state index < -0.39 is 0 Å². The molecule has 0 saturated carbocycles. The first-order chi connectivity index (χ1) is 10.6. The van der Waals surface area contributed by atoms with Crippen LogP contribution in [0.4, 0.5) is 5.69 Å². The predicted molar refractivity (Wildman–Crippen MR) is 85.1 cm³/mol. The minimum absolute atomic E-state index is 0.148. The Kier molecular flexibility index (Phi) is 3.80. The highest BCUT2D eigenvalue weighted by molar-refractivity contribution is 7.09. The summed E-state index contributed by atoms with van der Waals surface area (Å²) in [5, 5.41) is 11.6. The summed E-state index contributed by atoms with van der Waals surface area (Å²) in [6.45, 7) is 1.95. The molecular formula is C15H12N4O2S. The maximum atomic E-state index is 12.1. The molecule has 3 aromatic rings. The fraction of sp³-hybridized carbons (Fsp3) is 0.0667. The lowest BCUT2D eigenvalue weighted by Crippen LogP contribution is -2.17. The molecule has 3 rings (SSSR count). The van der Waals surface area contributed by atoms with Gasteiger partial charge in [0, 0.05) is 22.7 Å². The number of hydrogen-bond acceptors (Lipinski definition) is 5. The summed E-state index contributed by atoms with van der Waals surface area (Å²) in [6.07, 6.45) is 0. The summed E-state index contributed by atoms with van der Waals surface area (Å²) in [5.74, 6) is -0.386. The smallest absolute Gasteiger partial charge is 0.276 e. The van der Waals surface area contributed by atoms with E-state index in [-0.39, 0.29) is 17.2 Å². The van der Waals surface area contributed by atoms with Gasteiger partial charge in [0.05, 0.1) is 10.7 Å². The molecule has 110 valence electrons. The molecule has 0 spiro atoms. The highest BCUT2D eigenvalue weighted by Gasteiger charge is 2.09. The van der Waals surface area contributed by atoms with E-state index in [4.69, 9.17) is 0 Å². The number of hydrogen-bond donors (Lipinski definition) is 2. The van der Waals surface area contributed by atoms with E-state index in [2.05, 4.69) is 20.5 Å². The second kappa shape index (κ2) is 5.90. The Hall–Kier alpha value is -2.80.